The van der Waals surface area contributed by atoms with E-state index in [9.17, 15) is 18.0 Å². The van der Waals surface area contributed by atoms with Crippen LogP contribution >= 0.6 is 0 Å². The number of hydrogen-bond acceptors (Lipinski definition) is 7. The zero-order chi connectivity index (χ0) is 30.5. The number of hydrogen-bond donors (Lipinski definition) is 2. The average molecular weight is 594 g/mol. The number of pyridine rings is 1. The van der Waals surface area contributed by atoms with Crippen molar-refractivity contribution in [3.05, 3.63) is 95.3 Å². The molecule has 0 spiro atoms. The number of nitrogens with two attached hydrogens (primary N) is 2. The summed E-state index contributed by atoms with van der Waals surface area (Å²) in [6, 6.07) is 18.4. The van der Waals surface area contributed by atoms with Crippen LogP contribution in [-0.2, 0) is 34.4 Å². The van der Waals surface area contributed by atoms with E-state index in [1.807, 2.05) is 31.7 Å². The Morgan fingerprint density at radius 2 is 1.57 bits per heavy atom. The van der Waals surface area contributed by atoms with Gasteiger partial charge in [-0.1, -0.05) is 30.3 Å². The molecule has 3 aromatic rings. The van der Waals surface area contributed by atoms with Crippen molar-refractivity contribution in [2.75, 3.05) is 13.1 Å². The minimum absolute atomic E-state index is 0.111. The molecule has 1 aliphatic heterocycles. The van der Waals surface area contributed by atoms with Crippen LogP contribution in [0.15, 0.2) is 77.8 Å². The van der Waals surface area contributed by atoms with Crippen LogP contribution in [0.1, 0.15) is 54.4 Å². The van der Waals surface area contributed by atoms with Gasteiger partial charge >= 0.3 is 6.09 Å². The van der Waals surface area contributed by atoms with Gasteiger partial charge in [-0.15, -0.1) is 0 Å². The molecular weight excluding hydrogens is 554 g/mol. The second-order valence-electron chi connectivity index (χ2n) is 11.6. The number of amides is 2. The van der Waals surface area contributed by atoms with Crippen molar-refractivity contribution < 1.29 is 22.7 Å². The maximum Gasteiger partial charge on any atom is 0.410 e. The van der Waals surface area contributed by atoms with Crippen molar-refractivity contribution in [1.82, 2.24) is 14.2 Å². The Bertz CT molecular complexity index is 1460. The summed E-state index contributed by atoms with van der Waals surface area (Å²) >= 11 is 0. The van der Waals surface area contributed by atoms with E-state index in [0.29, 0.717) is 17.8 Å². The van der Waals surface area contributed by atoms with E-state index in [2.05, 4.69) is 4.98 Å². The summed E-state index contributed by atoms with van der Waals surface area (Å²) in [5, 5.41) is 0. The summed E-state index contributed by atoms with van der Waals surface area (Å²) in [5.74, 6) is 1.04. The molecular formula is C31H39N5O5S. The second kappa shape index (κ2) is 13.0. The summed E-state index contributed by atoms with van der Waals surface area (Å²) in [5.41, 5.74) is 13.1. The van der Waals surface area contributed by atoms with Crippen LogP contribution in [0.2, 0.25) is 0 Å². The van der Waals surface area contributed by atoms with Crippen molar-refractivity contribution in [3.8, 4) is 0 Å². The molecule has 224 valence electrons. The quantitative estimate of drug-likeness (QED) is 0.402. The van der Waals surface area contributed by atoms with Crippen molar-refractivity contribution >= 4 is 22.0 Å². The lowest BCUT2D eigenvalue weighted by Crippen LogP contribution is -2.36. The number of rotatable bonds is 8. The molecule has 11 heteroatoms. The van der Waals surface area contributed by atoms with Gasteiger partial charge in [0.2, 0.25) is 15.9 Å². The van der Waals surface area contributed by atoms with E-state index in [4.69, 9.17) is 16.2 Å². The first-order chi connectivity index (χ1) is 19.9. The minimum atomic E-state index is -3.79. The lowest BCUT2D eigenvalue weighted by Gasteiger charge is -2.25. The Morgan fingerprint density at radius 1 is 0.952 bits per heavy atom. The number of carbonyl (C=O) groups is 2. The van der Waals surface area contributed by atoms with Gasteiger partial charge in [-0.25, -0.2) is 13.2 Å². The highest BCUT2D eigenvalue weighted by atomic mass is 32.2. The number of ether oxygens (including phenoxy) is 1. The molecule has 2 heterocycles. The van der Waals surface area contributed by atoms with Crippen LogP contribution < -0.4 is 11.5 Å². The SMILES string of the molecule is CC(C)(C)OC(=O)N1C[C@H]2C[C@H]2C1.NCc1ccc(S(=O)(=O)N(Cc2ccc(C(N)=O)cc2)Cc2ccccn2)cc1. The van der Waals surface area contributed by atoms with Crippen molar-refractivity contribution in [2.24, 2.45) is 23.3 Å². The maximum atomic E-state index is 13.3. The van der Waals surface area contributed by atoms with Gasteiger partial charge < -0.3 is 21.1 Å². The number of carbonyl (C=O) groups excluding carboxylic acids is 2. The maximum absolute atomic E-state index is 13.3. The standard InChI is InChI=1S/C21H22N4O3S.C10H17NO2/c22-13-16-6-10-20(11-7-16)29(27,28)25(15-19-3-1-2-12-24-19)14-17-4-8-18(9-5-17)21(23)26;1-10(2,3)13-9(12)11-5-7-4-8(7)6-11/h1-12H,13-15,22H2,(H2,23,26);7-8H,4-6H2,1-3H3/t;7-,8+. The smallest absolute Gasteiger partial charge is 0.410 e. The predicted octanol–water partition coefficient (Wildman–Crippen LogP) is 3.90. The monoisotopic (exact) mass is 593 g/mol. The normalized spacial score (nSPS) is 17.7. The number of piperidine rings is 1. The molecule has 2 amide bonds. The van der Waals surface area contributed by atoms with E-state index in [1.165, 1.54) is 10.7 Å². The van der Waals surface area contributed by atoms with Crippen LogP contribution in [0.5, 0.6) is 0 Å². The summed E-state index contributed by atoms with van der Waals surface area (Å²) < 4.78 is 33.2. The Balaban J connectivity index is 0.000000258. The Morgan fingerprint density at radius 3 is 2.10 bits per heavy atom. The Labute approximate surface area is 247 Å². The van der Waals surface area contributed by atoms with Crippen molar-refractivity contribution in [1.29, 1.82) is 0 Å². The third-order valence-electron chi connectivity index (χ3n) is 7.09. The van der Waals surface area contributed by atoms with E-state index >= 15 is 0 Å². The molecule has 1 aromatic heterocycles. The van der Waals surface area contributed by atoms with Gasteiger partial charge in [-0.2, -0.15) is 4.31 Å². The zero-order valence-corrected chi connectivity index (χ0v) is 25.1. The largest absolute Gasteiger partial charge is 0.444 e. The topological polar surface area (TPSA) is 149 Å². The fraction of sp³-hybridized carbons (Fsp3) is 0.387. The van der Waals surface area contributed by atoms with Gasteiger partial charge in [0.1, 0.15) is 5.60 Å². The van der Waals surface area contributed by atoms with Crippen molar-refractivity contribution in [3.63, 3.8) is 0 Å². The molecule has 42 heavy (non-hydrogen) atoms. The molecule has 2 atom stereocenters. The number of primary amides is 1. The average Bonchev–Trinajstić information content (AvgIpc) is 3.57. The fourth-order valence-corrected chi connectivity index (χ4v) is 6.10. The highest BCUT2D eigenvalue weighted by Gasteiger charge is 2.47. The summed E-state index contributed by atoms with van der Waals surface area (Å²) in [6.45, 7) is 8.12. The number of benzene rings is 2. The molecule has 5 rings (SSSR count). The first-order valence-corrected chi connectivity index (χ1v) is 15.4. The Kier molecular flexibility index (Phi) is 9.65. The first kappa shape index (κ1) is 31.1. The molecule has 1 saturated carbocycles. The summed E-state index contributed by atoms with van der Waals surface area (Å²) in [6.07, 6.45) is 2.80. The van der Waals surface area contributed by atoms with Crippen LogP contribution in [-0.4, -0.2) is 53.3 Å². The third-order valence-corrected chi connectivity index (χ3v) is 8.90. The molecule has 0 radical (unpaired) electrons. The van der Waals surface area contributed by atoms with E-state index in [0.717, 1.165) is 36.1 Å². The Hall–Kier alpha value is -3.80. The van der Waals surface area contributed by atoms with Gasteiger partial charge in [0.05, 0.1) is 17.1 Å². The molecule has 0 unspecified atom stereocenters. The van der Waals surface area contributed by atoms with Gasteiger partial charge in [0.25, 0.3) is 0 Å². The zero-order valence-electron chi connectivity index (χ0n) is 24.3. The van der Waals surface area contributed by atoms with Crippen LogP contribution in [0.4, 0.5) is 4.79 Å². The highest BCUT2D eigenvalue weighted by molar-refractivity contribution is 7.89. The lowest BCUT2D eigenvalue weighted by molar-refractivity contribution is 0.0274. The number of likely N-dealkylation sites (tertiary alicyclic amines) is 1. The van der Waals surface area contributed by atoms with Gasteiger partial charge in [0, 0.05) is 37.9 Å². The minimum Gasteiger partial charge on any atom is -0.444 e. The number of nitrogens with zero attached hydrogens (tertiary/aromatic N) is 3. The number of aromatic nitrogens is 1. The lowest BCUT2D eigenvalue weighted by atomic mass is 10.1. The number of sulfonamides is 1. The van der Waals surface area contributed by atoms with Crippen LogP contribution in [0.25, 0.3) is 0 Å². The number of fused-ring (bicyclic) bond motifs is 1. The van der Waals surface area contributed by atoms with E-state index < -0.39 is 15.9 Å². The van der Waals surface area contributed by atoms with Gasteiger partial charge in [-0.05, 0) is 86.6 Å². The molecule has 1 aliphatic carbocycles. The van der Waals surface area contributed by atoms with Crippen molar-refractivity contribution in [2.45, 2.75) is 57.3 Å². The third kappa shape index (κ3) is 8.37. The van der Waals surface area contributed by atoms with Crippen LogP contribution in [0, 0.1) is 11.8 Å². The highest BCUT2D eigenvalue weighted by Crippen LogP contribution is 2.45. The molecule has 1 saturated heterocycles. The summed E-state index contributed by atoms with van der Waals surface area (Å²) in [7, 11) is -3.79. The van der Waals surface area contributed by atoms with Crippen LogP contribution in [0.3, 0.4) is 0 Å². The second-order valence-corrected chi connectivity index (χ2v) is 13.6. The van der Waals surface area contributed by atoms with Gasteiger partial charge in [-0.3, -0.25) is 9.78 Å². The molecule has 4 N–H and O–H groups in total. The van der Waals surface area contributed by atoms with E-state index in [-0.39, 0.29) is 29.7 Å². The molecule has 0 bridgehead atoms. The summed E-state index contributed by atoms with van der Waals surface area (Å²) in [4.78, 5) is 29.1. The fourth-order valence-electron chi connectivity index (χ4n) is 4.70. The van der Waals surface area contributed by atoms with Gasteiger partial charge in [0.15, 0.2) is 0 Å². The molecule has 2 aliphatic rings. The molecule has 2 fully saturated rings. The first-order valence-electron chi connectivity index (χ1n) is 13.9. The molecule has 2 aromatic carbocycles. The van der Waals surface area contributed by atoms with E-state index in [1.54, 1.807) is 66.9 Å². The molecule has 10 nitrogen and oxygen atoms in total. The predicted molar refractivity (Wildman–Crippen MR) is 159 cm³/mol.